The number of hydrogen-bond acceptors (Lipinski definition) is 12. The Balaban J connectivity index is 1.12. The number of nitro benzene ring substituents is 1. The van der Waals surface area contributed by atoms with Crippen molar-refractivity contribution >= 4 is 56.4 Å². The predicted molar refractivity (Wildman–Crippen MR) is 286 cm³/mol. The summed E-state index contributed by atoms with van der Waals surface area (Å²) in [5.74, 6) is 0.375. The zero-order valence-electron chi connectivity index (χ0n) is 40.3. The summed E-state index contributed by atoms with van der Waals surface area (Å²) in [5, 5.41) is 39.5. The van der Waals surface area contributed by atoms with Gasteiger partial charge in [0.25, 0.3) is 21.6 Å². The van der Waals surface area contributed by atoms with Crippen molar-refractivity contribution in [1.29, 1.82) is 0 Å². The van der Waals surface area contributed by atoms with Crippen molar-refractivity contribution in [1.82, 2.24) is 24.6 Å². The fourth-order valence-corrected chi connectivity index (χ4v) is 10.6. The van der Waals surface area contributed by atoms with E-state index >= 15 is 0 Å². The van der Waals surface area contributed by atoms with Crippen LogP contribution in [0.15, 0.2) is 137 Å². The molecule has 18 heteroatoms. The number of nitro groups is 1. The molecule has 1 aromatic heterocycles. The average molecular weight is 1020 g/mol. The minimum absolute atomic E-state index is 0.140. The molecule has 0 unspecified atom stereocenters. The van der Waals surface area contributed by atoms with Crippen LogP contribution in [0.1, 0.15) is 29.8 Å². The summed E-state index contributed by atoms with van der Waals surface area (Å²) in [4.78, 5) is 33.8. The molecule has 6 aromatic rings. The van der Waals surface area contributed by atoms with Crippen LogP contribution < -0.4 is 15.4 Å². The number of aromatic nitrogens is 1. The van der Waals surface area contributed by atoms with E-state index in [4.69, 9.17) is 11.6 Å². The van der Waals surface area contributed by atoms with Crippen LogP contribution in [0.2, 0.25) is 5.02 Å². The highest BCUT2D eigenvalue weighted by molar-refractivity contribution is 7.99. The van der Waals surface area contributed by atoms with Gasteiger partial charge in [-0.2, -0.15) is 0 Å². The van der Waals surface area contributed by atoms with E-state index in [0.717, 1.165) is 84.5 Å². The summed E-state index contributed by atoms with van der Waals surface area (Å²) in [7, 11) is 1.80. The third kappa shape index (κ3) is 14.7. The Morgan fingerprint density at radius 1 is 0.859 bits per heavy atom. The lowest BCUT2D eigenvalue weighted by atomic mass is 9.93. The first-order valence-electron chi connectivity index (χ1n) is 23.8. The van der Waals surface area contributed by atoms with E-state index in [1.807, 2.05) is 96.5 Å². The van der Waals surface area contributed by atoms with E-state index in [1.54, 1.807) is 48.2 Å². The molecule has 1 amide bonds. The molecule has 2 atom stereocenters. The maximum atomic E-state index is 14.4. The van der Waals surface area contributed by atoms with Crippen LogP contribution >= 0.6 is 23.4 Å². The fraction of sp³-hybridized carbons (Fsp3) is 0.340. The van der Waals surface area contributed by atoms with E-state index < -0.39 is 27.7 Å². The molecule has 0 radical (unpaired) electrons. The number of rotatable bonds is 24. The molecule has 0 aliphatic carbocycles. The lowest BCUT2D eigenvalue weighted by Crippen LogP contribution is -2.45. The Bertz CT molecular complexity index is 2820. The van der Waals surface area contributed by atoms with Crippen molar-refractivity contribution in [3.8, 4) is 33.4 Å². The number of aliphatic hydroxyl groups excluding tert-OH is 2. The number of carbonyl (C=O) groups is 1. The van der Waals surface area contributed by atoms with Gasteiger partial charge in [0.05, 0.1) is 22.5 Å². The largest absolute Gasteiger partial charge is 0.394 e. The van der Waals surface area contributed by atoms with Crippen LogP contribution in [0, 0.1) is 10.1 Å². The van der Waals surface area contributed by atoms with Crippen molar-refractivity contribution < 1.29 is 28.3 Å². The predicted octanol–water partition coefficient (Wildman–Crippen LogP) is 8.49. The quantitative estimate of drug-likeness (QED) is 0.0169. The number of aryl methyl sites for hydroxylation is 1. The summed E-state index contributed by atoms with van der Waals surface area (Å²) < 4.78 is 32.0. The number of halogens is 1. The van der Waals surface area contributed by atoms with Gasteiger partial charge in [0, 0.05) is 90.1 Å². The maximum absolute atomic E-state index is 14.4. The average Bonchev–Trinajstić information content (AvgIpc) is 3.76. The van der Waals surface area contributed by atoms with Gasteiger partial charge in [-0.1, -0.05) is 72.3 Å². The molecule has 1 aliphatic rings. The fourth-order valence-electron chi connectivity index (χ4n) is 8.45. The third-order valence-corrected chi connectivity index (χ3v) is 15.3. The standard InChI is InChI=1S/C53H63ClN8O7S2/c1-58(2)27-23-44(37-70-46-11-5-4-6-12-46)56-49-22-21-47(34-50(49)62(66)67)71(68,69)57-43-19-15-38(16-20-43)40-9-7-10-41(33-40)51-48(39-13-17-42(54)18-14-39)35-61(28-24-45(64)36-63)52(51)53(65)55-25-8-26-60-31-29-59(3)30-32-60/h4-7,9-22,33-35,44-45,56-57,63-64H,8,23-32,36-37H2,1-3H3,(H,55,65)/t44-,45+/m1/s1. The van der Waals surface area contributed by atoms with Gasteiger partial charge < -0.3 is 40.1 Å². The Labute approximate surface area is 426 Å². The molecule has 0 spiro atoms. The highest BCUT2D eigenvalue weighted by Crippen LogP contribution is 2.40. The maximum Gasteiger partial charge on any atom is 0.293 e. The van der Waals surface area contributed by atoms with Crippen LogP contribution in [-0.2, 0) is 16.6 Å². The van der Waals surface area contributed by atoms with Crippen molar-refractivity contribution in [3.05, 3.63) is 148 Å². The number of thioether (sulfide) groups is 1. The number of amides is 1. The van der Waals surface area contributed by atoms with Crippen LogP contribution in [-0.4, -0.2) is 140 Å². The van der Waals surface area contributed by atoms with Crippen molar-refractivity contribution in [2.24, 2.45) is 0 Å². The molecule has 1 saturated heterocycles. The van der Waals surface area contributed by atoms with Crippen molar-refractivity contribution in [3.63, 3.8) is 0 Å². The topological polar surface area (TPSA) is 186 Å². The number of anilines is 2. The van der Waals surface area contributed by atoms with E-state index in [2.05, 4.69) is 32.2 Å². The number of benzene rings is 5. The number of sulfonamides is 1. The number of nitrogens with zero attached hydrogens (tertiary/aromatic N) is 5. The molecule has 15 nitrogen and oxygen atoms in total. The molecule has 0 saturated carbocycles. The molecular formula is C53H63ClN8O7S2. The molecular weight excluding hydrogens is 960 g/mol. The second-order valence-corrected chi connectivity index (χ2v) is 21.3. The third-order valence-electron chi connectivity index (χ3n) is 12.5. The molecule has 2 heterocycles. The van der Waals surface area contributed by atoms with Gasteiger partial charge in [0.15, 0.2) is 0 Å². The zero-order chi connectivity index (χ0) is 50.5. The Kier molecular flexibility index (Phi) is 18.7. The molecule has 0 bridgehead atoms. The second kappa shape index (κ2) is 25.1. The monoisotopic (exact) mass is 1020 g/mol. The SMILES string of the molecule is CN(C)CC[C@H](CSc1ccccc1)Nc1ccc(S(=O)(=O)Nc2ccc(-c3cccc(-c4c(-c5ccc(Cl)cc5)cn(CC[C@H](O)CO)c4C(=O)NCCCN4CCN(C)CC4)c3)cc2)cc1[N+](=O)[O-]. The van der Waals surface area contributed by atoms with E-state index in [-0.39, 0.29) is 46.9 Å². The molecule has 1 aliphatic heterocycles. The second-order valence-electron chi connectivity index (χ2n) is 18.1. The zero-order valence-corrected chi connectivity index (χ0v) is 42.7. The summed E-state index contributed by atoms with van der Waals surface area (Å²) in [6.45, 7) is 5.92. The molecule has 71 heavy (non-hydrogen) atoms. The minimum atomic E-state index is -4.25. The number of hydrogen-bond donors (Lipinski definition) is 5. The van der Waals surface area contributed by atoms with Crippen LogP contribution in [0.3, 0.4) is 0 Å². The Morgan fingerprint density at radius 3 is 2.25 bits per heavy atom. The van der Waals surface area contributed by atoms with Crippen LogP contribution in [0.5, 0.6) is 0 Å². The summed E-state index contributed by atoms with van der Waals surface area (Å²) in [6, 6.07) is 35.6. The highest BCUT2D eigenvalue weighted by Gasteiger charge is 2.27. The van der Waals surface area contributed by atoms with E-state index in [0.29, 0.717) is 35.0 Å². The summed E-state index contributed by atoms with van der Waals surface area (Å²) >= 11 is 7.97. The lowest BCUT2D eigenvalue weighted by molar-refractivity contribution is -0.384. The minimum Gasteiger partial charge on any atom is -0.394 e. The first-order chi connectivity index (χ1) is 34.2. The molecule has 5 N–H and O–H groups in total. The Morgan fingerprint density at radius 2 is 1.56 bits per heavy atom. The molecule has 5 aromatic carbocycles. The summed E-state index contributed by atoms with van der Waals surface area (Å²) in [6.07, 6.45) is 2.64. The van der Waals surface area contributed by atoms with Gasteiger partial charge >= 0.3 is 0 Å². The van der Waals surface area contributed by atoms with Crippen LogP contribution in [0.25, 0.3) is 33.4 Å². The lowest BCUT2D eigenvalue weighted by Gasteiger charge is -2.32. The Hall–Kier alpha value is -5.76. The number of aliphatic hydroxyl groups is 2. The normalized spacial score (nSPS) is 14.3. The van der Waals surface area contributed by atoms with Crippen molar-refractivity contribution in [2.75, 3.05) is 89.4 Å². The molecule has 7 rings (SSSR count). The van der Waals surface area contributed by atoms with Gasteiger partial charge in [0.1, 0.15) is 11.4 Å². The van der Waals surface area contributed by atoms with E-state index in [1.165, 1.54) is 12.1 Å². The van der Waals surface area contributed by atoms with E-state index in [9.17, 15) is 33.5 Å². The number of nitrogens with one attached hydrogen (secondary N) is 3. The van der Waals surface area contributed by atoms with Gasteiger partial charge in [-0.25, -0.2) is 8.42 Å². The van der Waals surface area contributed by atoms with Crippen molar-refractivity contribution in [2.45, 2.75) is 47.7 Å². The number of piperazine rings is 1. The first-order valence-corrected chi connectivity index (χ1v) is 26.6. The first kappa shape index (κ1) is 53.0. The number of carbonyl (C=O) groups excluding carboxylic acids is 1. The summed E-state index contributed by atoms with van der Waals surface area (Å²) in [5.41, 5.74) is 5.16. The smallest absolute Gasteiger partial charge is 0.293 e. The highest BCUT2D eigenvalue weighted by atomic mass is 35.5. The van der Waals surface area contributed by atoms with Crippen LogP contribution in [0.4, 0.5) is 17.1 Å². The molecule has 1 fully saturated rings. The van der Waals surface area contributed by atoms with Gasteiger partial charge in [-0.3, -0.25) is 19.6 Å². The van der Waals surface area contributed by atoms with Gasteiger partial charge in [-0.15, -0.1) is 11.8 Å². The molecule has 376 valence electrons. The number of likely N-dealkylation sites (N-methyl/N-ethyl adjacent to an activating group) is 1. The van der Waals surface area contributed by atoms with Gasteiger partial charge in [-0.05, 0) is 130 Å². The van der Waals surface area contributed by atoms with Gasteiger partial charge in [0.2, 0.25) is 0 Å².